The van der Waals surface area contributed by atoms with Gasteiger partial charge in [0.15, 0.2) is 0 Å². The van der Waals surface area contributed by atoms with E-state index in [1.165, 1.54) is 0 Å². The molecule has 0 saturated heterocycles. The maximum absolute atomic E-state index is 11.8. The van der Waals surface area contributed by atoms with Gasteiger partial charge in [-0.05, 0) is 56.6 Å². The lowest BCUT2D eigenvalue weighted by Gasteiger charge is -2.10. The van der Waals surface area contributed by atoms with E-state index in [1.54, 1.807) is 0 Å². The molecule has 0 bridgehead atoms. The van der Waals surface area contributed by atoms with E-state index in [2.05, 4.69) is 16.0 Å². The Hall–Kier alpha value is -1.59. The Morgan fingerprint density at radius 1 is 1.33 bits per heavy atom. The molecule has 1 aliphatic rings. The highest BCUT2D eigenvalue weighted by molar-refractivity contribution is 5.94. The Labute approximate surface area is 131 Å². The minimum absolute atomic E-state index is 0. The molecule has 0 unspecified atom stereocenters. The molecular formula is C15H22ClN3O2. The number of halogens is 1. The summed E-state index contributed by atoms with van der Waals surface area (Å²) < 4.78 is 0. The van der Waals surface area contributed by atoms with Crippen LogP contribution in [0.3, 0.4) is 0 Å². The molecule has 0 aromatic heterocycles. The number of nitrogens with one attached hydrogen (secondary N) is 3. The molecule has 1 heterocycles. The largest absolute Gasteiger partial charge is 0.326 e. The molecular weight excluding hydrogens is 290 g/mol. The van der Waals surface area contributed by atoms with Crippen molar-refractivity contribution in [3.63, 3.8) is 0 Å². The molecule has 0 fully saturated rings. The van der Waals surface area contributed by atoms with Crippen LogP contribution in [-0.4, -0.2) is 25.4 Å². The van der Waals surface area contributed by atoms with Crippen molar-refractivity contribution in [3.8, 4) is 0 Å². The summed E-state index contributed by atoms with van der Waals surface area (Å²) in [6, 6.07) is 5.65. The number of amides is 2. The summed E-state index contributed by atoms with van der Waals surface area (Å²) in [5.41, 5.74) is 2.75. The zero-order valence-corrected chi connectivity index (χ0v) is 13.0. The first-order valence-electron chi connectivity index (χ1n) is 7.06. The molecule has 0 atom stereocenters. The Morgan fingerprint density at radius 2 is 2.14 bits per heavy atom. The fourth-order valence-electron chi connectivity index (χ4n) is 2.30. The number of fused-ring (bicyclic) bond motifs is 1. The average Bonchev–Trinajstić information content (AvgIpc) is 2.59. The molecule has 0 radical (unpaired) electrons. The molecule has 6 heteroatoms. The Kier molecular flexibility index (Phi) is 7.19. The first kappa shape index (κ1) is 17.5. The highest BCUT2D eigenvalue weighted by Gasteiger charge is 2.13. The predicted molar refractivity (Wildman–Crippen MR) is 87.0 cm³/mol. The van der Waals surface area contributed by atoms with E-state index >= 15 is 0 Å². The summed E-state index contributed by atoms with van der Waals surface area (Å²) in [7, 11) is 1.87. The summed E-state index contributed by atoms with van der Waals surface area (Å²) in [4.78, 5) is 23.2. The first-order valence-corrected chi connectivity index (χ1v) is 7.06. The van der Waals surface area contributed by atoms with Gasteiger partial charge in [0.25, 0.3) is 0 Å². The second kappa shape index (κ2) is 8.64. The topological polar surface area (TPSA) is 70.2 Å². The zero-order valence-electron chi connectivity index (χ0n) is 12.2. The van der Waals surface area contributed by atoms with Crippen molar-refractivity contribution in [2.45, 2.75) is 32.1 Å². The maximum atomic E-state index is 11.8. The van der Waals surface area contributed by atoms with E-state index in [1.807, 2.05) is 25.2 Å². The molecule has 2 rings (SSSR count). The number of anilines is 2. The number of carbonyl (C=O) groups excluding carboxylic acids is 2. The van der Waals surface area contributed by atoms with Gasteiger partial charge in [0.1, 0.15) is 0 Å². The van der Waals surface area contributed by atoms with Crippen molar-refractivity contribution in [2.75, 3.05) is 24.2 Å². The molecule has 5 nitrogen and oxygen atoms in total. The third-order valence-electron chi connectivity index (χ3n) is 3.34. The smallest absolute Gasteiger partial charge is 0.224 e. The van der Waals surface area contributed by atoms with Crippen molar-refractivity contribution >= 4 is 35.6 Å². The van der Waals surface area contributed by atoms with Gasteiger partial charge in [0.05, 0.1) is 0 Å². The minimum atomic E-state index is 0. The van der Waals surface area contributed by atoms with Crippen molar-refractivity contribution in [1.29, 1.82) is 0 Å². The van der Waals surface area contributed by atoms with Gasteiger partial charge in [-0.15, -0.1) is 12.4 Å². The number of carbonyl (C=O) groups is 2. The molecule has 1 aromatic rings. The van der Waals surface area contributed by atoms with Gasteiger partial charge >= 0.3 is 0 Å². The normalized spacial score (nSPS) is 13.5. The summed E-state index contributed by atoms with van der Waals surface area (Å²) in [6.07, 6.45) is 3.59. The number of hydrogen-bond acceptors (Lipinski definition) is 3. The quantitative estimate of drug-likeness (QED) is 0.731. The van der Waals surface area contributed by atoms with Gasteiger partial charge < -0.3 is 16.0 Å². The fraction of sp³-hybridized carbons (Fsp3) is 0.467. The van der Waals surface area contributed by atoms with Crippen molar-refractivity contribution in [2.24, 2.45) is 0 Å². The average molecular weight is 312 g/mol. The molecule has 21 heavy (non-hydrogen) atoms. The fourth-order valence-corrected chi connectivity index (χ4v) is 2.30. The maximum Gasteiger partial charge on any atom is 0.224 e. The molecule has 0 spiro atoms. The van der Waals surface area contributed by atoms with Crippen LogP contribution in [0.2, 0.25) is 0 Å². The van der Waals surface area contributed by atoms with Crippen molar-refractivity contribution in [1.82, 2.24) is 5.32 Å². The molecule has 0 saturated carbocycles. The van der Waals surface area contributed by atoms with E-state index in [4.69, 9.17) is 0 Å². The lowest BCUT2D eigenvalue weighted by atomic mass is 10.1. The van der Waals surface area contributed by atoms with E-state index in [0.717, 1.165) is 42.7 Å². The second-order valence-corrected chi connectivity index (χ2v) is 5.03. The summed E-state index contributed by atoms with van der Waals surface area (Å²) >= 11 is 0. The number of rotatable bonds is 5. The van der Waals surface area contributed by atoms with E-state index in [9.17, 15) is 9.59 Å². The third-order valence-corrected chi connectivity index (χ3v) is 3.34. The van der Waals surface area contributed by atoms with Gasteiger partial charge in [0, 0.05) is 24.2 Å². The Morgan fingerprint density at radius 3 is 2.90 bits per heavy atom. The molecule has 1 aromatic carbocycles. The van der Waals surface area contributed by atoms with E-state index in [-0.39, 0.29) is 24.2 Å². The summed E-state index contributed by atoms with van der Waals surface area (Å²) in [6.45, 7) is 0.837. The molecule has 0 aliphatic carbocycles. The SMILES string of the molecule is CNCCCC(=O)Nc1ccc2c(c1)CCCC(=O)N2.Cl. The van der Waals surface area contributed by atoms with Crippen LogP contribution in [0.1, 0.15) is 31.2 Å². The number of benzene rings is 1. The zero-order chi connectivity index (χ0) is 14.4. The minimum Gasteiger partial charge on any atom is -0.326 e. The van der Waals surface area contributed by atoms with E-state index in [0.29, 0.717) is 12.8 Å². The van der Waals surface area contributed by atoms with Crippen LogP contribution in [0.5, 0.6) is 0 Å². The monoisotopic (exact) mass is 311 g/mol. The second-order valence-electron chi connectivity index (χ2n) is 5.03. The van der Waals surface area contributed by atoms with Gasteiger partial charge in [-0.25, -0.2) is 0 Å². The summed E-state index contributed by atoms with van der Waals surface area (Å²) in [5.74, 6) is 0.0884. The van der Waals surface area contributed by atoms with Crippen LogP contribution in [-0.2, 0) is 16.0 Å². The molecule has 3 N–H and O–H groups in total. The molecule has 2 amide bonds. The van der Waals surface area contributed by atoms with Gasteiger partial charge in [-0.1, -0.05) is 0 Å². The number of aryl methyl sites for hydroxylation is 1. The lowest BCUT2D eigenvalue weighted by molar-refractivity contribution is -0.117. The highest BCUT2D eigenvalue weighted by Crippen LogP contribution is 2.25. The Bertz CT molecular complexity index is 506. The van der Waals surface area contributed by atoms with Crippen LogP contribution in [0.25, 0.3) is 0 Å². The van der Waals surface area contributed by atoms with E-state index < -0.39 is 0 Å². The Balaban J connectivity index is 0.00000220. The van der Waals surface area contributed by atoms with Gasteiger partial charge in [0.2, 0.25) is 11.8 Å². The van der Waals surface area contributed by atoms with Crippen molar-refractivity contribution < 1.29 is 9.59 Å². The van der Waals surface area contributed by atoms with Crippen molar-refractivity contribution in [3.05, 3.63) is 23.8 Å². The molecule has 116 valence electrons. The predicted octanol–water partition coefficient (Wildman–Crippen LogP) is 2.32. The third kappa shape index (κ3) is 5.36. The van der Waals surface area contributed by atoms with Crippen LogP contribution in [0.15, 0.2) is 18.2 Å². The van der Waals surface area contributed by atoms with Crippen LogP contribution >= 0.6 is 12.4 Å². The number of hydrogen-bond donors (Lipinski definition) is 3. The standard InChI is InChI=1S/C15H21N3O2.ClH/c1-16-9-3-6-14(19)17-12-7-8-13-11(10-12)4-2-5-15(20)18-13;/h7-8,10,16H,2-6,9H2,1H3,(H,17,19)(H,18,20);1H. The lowest BCUT2D eigenvalue weighted by Crippen LogP contribution is -2.15. The summed E-state index contributed by atoms with van der Waals surface area (Å²) in [5, 5.41) is 8.81. The molecule has 1 aliphatic heterocycles. The van der Waals surface area contributed by atoms with Gasteiger partial charge in [-0.3, -0.25) is 9.59 Å². The van der Waals surface area contributed by atoms with Gasteiger partial charge in [-0.2, -0.15) is 0 Å². The highest BCUT2D eigenvalue weighted by atomic mass is 35.5. The van der Waals surface area contributed by atoms with Crippen LogP contribution in [0.4, 0.5) is 11.4 Å². The first-order chi connectivity index (χ1) is 9.69. The van der Waals surface area contributed by atoms with Crippen LogP contribution in [0, 0.1) is 0 Å². The van der Waals surface area contributed by atoms with Crippen LogP contribution < -0.4 is 16.0 Å².